The van der Waals surface area contributed by atoms with Crippen molar-refractivity contribution in [3.05, 3.63) is 0 Å². The Morgan fingerprint density at radius 3 is 2.29 bits per heavy atom. The average Bonchev–Trinajstić information content (AvgIpc) is 2.93. The summed E-state index contributed by atoms with van der Waals surface area (Å²) in [4.78, 5) is 2.75. The Kier molecular flexibility index (Phi) is 3.20. The monoisotopic (exact) mass is 236 g/mol. The number of hydrogen-bond acceptors (Lipinski definition) is 2. The highest BCUT2D eigenvalue weighted by Gasteiger charge is 2.38. The maximum absolute atomic E-state index is 3.52. The molecule has 1 N–H and O–H groups in total. The van der Waals surface area contributed by atoms with Crippen molar-refractivity contribution in [2.24, 2.45) is 10.8 Å². The summed E-state index contributed by atoms with van der Waals surface area (Å²) in [6.07, 6.45) is 10.4. The van der Waals surface area contributed by atoms with Crippen molar-refractivity contribution in [2.75, 3.05) is 32.7 Å². The average molecular weight is 236 g/mol. The Hall–Kier alpha value is -0.0800. The van der Waals surface area contributed by atoms with Gasteiger partial charge in [0, 0.05) is 13.1 Å². The van der Waals surface area contributed by atoms with E-state index in [4.69, 9.17) is 0 Å². The van der Waals surface area contributed by atoms with E-state index < -0.39 is 0 Å². The molecular weight excluding hydrogens is 208 g/mol. The Bertz CT molecular complexity index is 252. The summed E-state index contributed by atoms with van der Waals surface area (Å²) >= 11 is 0. The number of piperidine rings is 1. The standard InChI is InChI=1S/C15H28N2/c1-14(6-9-16-12-14)13-17-10-7-15(8-11-17)4-2-3-5-15/h16H,2-13H2,1H3. The molecule has 3 aliphatic rings. The van der Waals surface area contributed by atoms with Crippen molar-refractivity contribution in [2.45, 2.75) is 51.9 Å². The Morgan fingerprint density at radius 2 is 1.71 bits per heavy atom. The third-order valence-electron chi connectivity index (χ3n) is 5.64. The van der Waals surface area contributed by atoms with Crippen LogP contribution in [0, 0.1) is 10.8 Å². The van der Waals surface area contributed by atoms with Gasteiger partial charge in [-0.2, -0.15) is 0 Å². The van der Waals surface area contributed by atoms with Crippen LogP contribution in [0.1, 0.15) is 51.9 Å². The van der Waals surface area contributed by atoms with Gasteiger partial charge >= 0.3 is 0 Å². The van der Waals surface area contributed by atoms with E-state index in [0.717, 1.165) is 5.41 Å². The summed E-state index contributed by atoms with van der Waals surface area (Å²) in [6, 6.07) is 0. The fourth-order valence-corrected chi connectivity index (χ4v) is 4.35. The lowest BCUT2D eigenvalue weighted by Gasteiger charge is -2.42. The predicted octanol–water partition coefficient (Wildman–Crippen LogP) is 2.64. The van der Waals surface area contributed by atoms with Gasteiger partial charge in [0.1, 0.15) is 0 Å². The predicted molar refractivity (Wildman–Crippen MR) is 72.2 cm³/mol. The van der Waals surface area contributed by atoms with E-state index in [1.54, 1.807) is 0 Å². The fraction of sp³-hybridized carbons (Fsp3) is 1.00. The first-order chi connectivity index (χ1) is 8.20. The Balaban J connectivity index is 1.51. The minimum atomic E-state index is 0.556. The molecule has 1 spiro atoms. The highest BCUT2D eigenvalue weighted by molar-refractivity contribution is 4.92. The second-order valence-electron chi connectivity index (χ2n) is 7.22. The number of nitrogens with zero attached hydrogens (tertiary/aromatic N) is 1. The molecule has 2 heteroatoms. The summed E-state index contributed by atoms with van der Waals surface area (Å²) in [5, 5.41) is 3.52. The van der Waals surface area contributed by atoms with Gasteiger partial charge in [-0.3, -0.25) is 0 Å². The minimum Gasteiger partial charge on any atom is -0.316 e. The van der Waals surface area contributed by atoms with Crippen LogP contribution >= 0.6 is 0 Å². The Morgan fingerprint density at radius 1 is 1.00 bits per heavy atom. The topological polar surface area (TPSA) is 15.3 Å². The van der Waals surface area contributed by atoms with Crippen molar-refractivity contribution >= 4 is 0 Å². The molecule has 1 atom stereocenters. The van der Waals surface area contributed by atoms with E-state index >= 15 is 0 Å². The highest BCUT2D eigenvalue weighted by atomic mass is 15.1. The number of hydrogen-bond donors (Lipinski definition) is 1. The maximum Gasteiger partial charge on any atom is 0.00480 e. The van der Waals surface area contributed by atoms with Crippen molar-refractivity contribution in [1.82, 2.24) is 10.2 Å². The van der Waals surface area contributed by atoms with Gasteiger partial charge in [-0.1, -0.05) is 19.8 Å². The van der Waals surface area contributed by atoms with Crippen LogP contribution in [-0.4, -0.2) is 37.6 Å². The van der Waals surface area contributed by atoms with Crippen LogP contribution in [0.2, 0.25) is 0 Å². The second-order valence-corrected chi connectivity index (χ2v) is 7.22. The minimum absolute atomic E-state index is 0.556. The van der Waals surface area contributed by atoms with E-state index in [2.05, 4.69) is 17.1 Å². The molecular formula is C15H28N2. The van der Waals surface area contributed by atoms with Gasteiger partial charge in [-0.25, -0.2) is 0 Å². The molecule has 0 aromatic carbocycles. The van der Waals surface area contributed by atoms with Crippen molar-refractivity contribution < 1.29 is 0 Å². The zero-order chi connectivity index (χ0) is 11.8. The van der Waals surface area contributed by atoms with E-state index in [9.17, 15) is 0 Å². The molecule has 1 aliphatic carbocycles. The first-order valence-corrected chi connectivity index (χ1v) is 7.63. The lowest BCUT2D eigenvalue weighted by Crippen LogP contribution is -2.44. The first-order valence-electron chi connectivity index (χ1n) is 7.63. The molecule has 0 bridgehead atoms. The van der Waals surface area contributed by atoms with E-state index in [0.29, 0.717) is 5.41 Å². The first kappa shape index (κ1) is 12.0. The van der Waals surface area contributed by atoms with Crippen LogP contribution in [0.15, 0.2) is 0 Å². The largest absolute Gasteiger partial charge is 0.316 e. The molecule has 98 valence electrons. The van der Waals surface area contributed by atoms with Gasteiger partial charge in [-0.15, -0.1) is 0 Å². The number of rotatable bonds is 2. The zero-order valence-electron chi connectivity index (χ0n) is 11.4. The van der Waals surface area contributed by atoms with Gasteiger partial charge in [0.2, 0.25) is 0 Å². The van der Waals surface area contributed by atoms with Gasteiger partial charge in [-0.05, 0) is 62.6 Å². The SMILES string of the molecule is CC1(CN2CCC3(CCCC3)CC2)CCNC1. The molecule has 0 radical (unpaired) electrons. The fourth-order valence-electron chi connectivity index (χ4n) is 4.35. The molecule has 1 saturated carbocycles. The van der Waals surface area contributed by atoms with Crippen LogP contribution in [-0.2, 0) is 0 Å². The lowest BCUT2D eigenvalue weighted by atomic mass is 9.76. The number of nitrogens with one attached hydrogen (secondary N) is 1. The third-order valence-corrected chi connectivity index (χ3v) is 5.64. The van der Waals surface area contributed by atoms with E-state index in [-0.39, 0.29) is 0 Å². The summed E-state index contributed by atoms with van der Waals surface area (Å²) in [7, 11) is 0. The number of likely N-dealkylation sites (tertiary alicyclic amines) is 1. The molecule has 1 unspecified atom stereocenters. The van der Waals surface area contributed by atoms with Crippen molar-refractivity contribution in [1.29, 1.82) is 0 Å². The molecule has 2 aliphatic heterocycles. The lowest BCUT2D eigenvalue weighted by molar-refractivity contribution is 0.0786. The van der Waals surface area contributed by atoms with Crippen LogP contribution in [0.25, 0.3) is 0 Å². The third kappa shape index (κ3) is 2.53. The van der Waals surface area contributed by atoms with Crippen LogP contribution in [0.4, 0.5) is 0 Å². The van der Waals surface area contributed by atoms with Crippen LogP contribution in [0.5, 0.6) is 0 Å². The van der Waals surface area contributed by atoms with Gasteiger partial charge in [0.15, 0.2) is 0 Å². The van der Waals surface area contributed by atoms with Crippen LogP contribution < -0.4 is 5.32 Å². The molecule has 17 heavy (non-hydrogen) atoms. The smallest absolute Gasteiger partial charge is 0.00480 e. The normalized spacial score (nSPS) is 37.9. The maximum atomic E-state index is 3.52. The van der Waals surface area contributed by atoms with E-state index in [1.165, 1.54) is 77.7 Å². The molecule has 0 aromatic rings. The summed E-state index contributed by atoms with van der Waals surface area (Å²) in [5.41, 5.74) is 1.34. The van der Waals surface area contributed by atoms with Crippen molar-refractivity contribution in [3.63, 3.8) is 0 Å². The highest BCUT2D eigenvalue weighted by Crippen LogP contribution is 2.46. The molecule has 2 heterocycles. The Labute approximate surface area is 106 Å². The van der Waals surface area contributed by atoms with Crippen molar-refractivity contribution in [3.8, 4) is 0 Å². The molecule has 2 saturated heterocycles. The quantitative estimate of drug-likeness (QED) is 0.793. The summed E-state index contributed by atoms with van der Waals surface area (Å²) < 4.78 is 0. The molecule has 3 rings (SSSR count). The summed E-state index contributed by atoms with van der Waals surface area (Å²) in [5.74, 6) is 0. The van der Waals surface area contributed by atoms with Crippen LogP contribution in [0.3, 0.4) is 0 Å². The van der Waals surface area contributed by atoms with Gasteiger partial charge in [0.05, 0.1) is 0 Å². The molecule has 0 aromatic heterocycles. The van der Waals surface area contributed by atoms with Gasteiger partial charge in [0.25, 0.3) is 0 Å². The molecule has 2 nitrogen and oxygen atoms in total. The van der Waals surface area contributed by atoms with Gasteiger partial charge < -0.3 is 10.2 Å². The second kappa shape index (κ2) is 4.55. The van der Waals surface area contributed by atoms with E-state index in [1.807, 2.05) is 0 Å². The molecule has 0 amide bonds. The molecule has 3 fully saturated rings. The summed E-state index contributed by atoms with van der Waals surface area (Å²) in [6.45, 7) is 9.00. The zero-order valence-corrected chi connectivity index (χ0v) is 11.4.